The Morgan fingerprint density at radius 3 is 2.73 bits per heavy atom. The number of thiazole rings is 1. The number of hydrogen-bond donors (Lipinski definition) is 2. The second kappa shape index (κ2) is 5.58. The normalized spacial score (nSPS) is 14.1. The van der Waals surface area contributed by atoms with E-state index in [-0.39, 0.29) is 12.0 Å². The number of aliphatic hydroxyl groups excluding tert-OH is 1. The van der Waals surface area contributed by atoms with Gasteiger partial charge in [0.05, 0.1) is 0 Å². The van der Waals surface area contributed by atoms with Gasteiger partial charge in [-0.3, -0.25) is 0 Å². The molecule has 1 aromatic rings. The maximum atomic E-state index is 9.00. The molecule has 1 unspecified atom stereocenters. The fourth-order valence-electron chi connectivity index (χ4n) is 1.52. The highest BCUT2D eigenvalue weighted by atomic mass is 32.1. The number of aliphatic hydroxyl groups is 1. The fraction of sp³-hybridized carbons (Fsp3) is 0.727. The number of rotatable bonds is 5. The first-order valence-corrected chi connectivity index (χ1v) is 6.14. The van der Waals surface area contributed by atoms with Crippen molar-refractivity contribution in [3.8, 4) is 0 Å². The molecule has 0 aliphatic heterocycles. The van der Waals surface area contributed by atoms with Crippen molar-refractivity contribution in [1.82, 2.24) is 10.3 Å². The summed E-state index contributed by atoms with van der Waals surface area (Å²) >= 11 is 1.66. The van der Waals surface area contributed by atoms with E-state index in [4.69, 9.17) is 5.11 Å². The second-order valence-corrected chi connectivity index (χ2v) is 5.72. The second-order valence-electron chi connectivity index (χ2n) is 4.74. The highest BCUT2D eigenvalue weighted by molar-refractivity contribution is 7.09. The molecule has 3 nitrogen and oxygen atoms in total. The van der Waals surface area contributed by atoms with Crippen LogP contribution in [0.15, 0.2) is 11.6 Å². The predicted molar refractivity (Wildman–Crippen MR) is 63.9 cm³/mol. The SMILES string of the molecule is CC(C)(C)C(CCO)NCc1nccs1. The van der Waals surface area contributed by atoms with E-state index in [0.717, 1.165) is 18.0 Å². The maximum absolute atomic E-state index is 9.00. The van der Waals surface area contributed by atoms with Crippen molar-refractivity contribution < 1.29 is 5.11 Å². The summed E-state index contributed by atoms with van der Waals surface area (Å²) in [6.07, 6.45) is 2.61. The molecule has 0 saturated heterocycles. The van der Waals surface area contributed by atoms with E-state index in [1.807, 2.05) is 11.6 Å². The molecule has 1 atom stereocenters. The lowest BCUT2D eigenvalue weighted by Crippen LogP contribution is -2.40. The Kier molecular flexibility index (Phi) is 4.70. The van der Waals surface area contributed by atoms with Crippen molar-refractivity contribution in [2.24, 2.45) is 5.41 Å². The van der Waals surface area contributed by atoms with Crippen LogP contribution in [0.1, 0.15) is 32.2 Å². The van der Waals surface area contributed by atoms with Crippen molar-refractivity contribution in [3.63, 3.8) is 0 Å². The Morgan fingerprint density at radius 2 is 2.27 bits per heavy atom. The quantitative estimate of drug-likeness (QED) is 0.810. The van der Waals surface area contributed by atoms with E-state index in [2.05, 4.69) is 31.1 Å². The number of nitrogens with zero attached hydrogens (tertiary/aromatic N) is 1. The highest BCUT2D eigenvalue weighted by Crippen LogP contribution is 2.22. The lowest BCUT2D eigenvalue weighted by atomic mass is 9.85. The summed E-state index contributed by atoms with van der Waals surface area (Å²) in [5.74, 6) is 0. The molecule has 0 amide bonds. The number of aromatic nitrogens is 1. The van der Waals surface area contributed by atoms with Gasteiger partial charge in [0.15, 0.2) is 0 Å². The van der Waals surface area contributed by atoms with Crippen LogP contribution in [0, 0.1) is 5.41 Å². The average molecular weight is 228 g/mol. The molecule has 0 radical (unpaired) electrons. The van der Waals surface area contributed by atoms with Crippen molar-refractivity contribution in [1.29, 1.82) is 0 Å². The Bertz CT molecular complexity index is 267. The molecule has 4 heteroatoms. The molecule has 0 aliphatic carbocycles. The molecule has 0 bridgehead atoms. The van der Waals surface area contributed by atoms with Crippen LogP contribution < -0.4 is 5.32 Å². The van der Waals surface area contributed by atoms with Crippen molar-refractivity contribution in [2.45, 2.75) is 39.8 Å². The molecule has 1 rings (SSSR count). The van der Waals surface area contributed by atoms with Gasteiger partial charge in [-0.15, -0.1) is 11.3 Å². The highest BCUT2D eigenvalue weighted by Gasteiger charge is 2.23. The van der Waals surface area contributed by atoms with Crippen LogP contribution in [0.4, 0.5) is 0 Å². The van der Waals surface area contributed by atoms with Gasteiger partial charge >= 0.3 is 0 Å². The third-order valence-electron chi connectivity index (χ3n) is 2.45. The summed E-state index contributed by atoms with van der Waals surface area (Å²) in [7, 11) is 0. The lowest BCUT2D eigenvalue weighted by molar-refractivity contribution is 0.196. The van der Waals surface area contributed by atoms with E-state index >= 15 is 0 Å². The Balaban J connectivity index is 2.45. The first-order chi connectivity index (χ1) is 7.04. The van der Waals surface area contributed by atoms with Gasteiger partial charge in [-0.05, 0) is 11.8 Å². The van der Waals surface area contributed by atoms with Gasteiger partial charge in [0.25, 0.3) is 0 Å². The zero-order valence-electron chi connectivity index (χ0n) is 9.66. The molecule has 0 saturated carbocycles. The zero-order valence-corrected chi connectivity index (χ0v) is 10.5. The molecular weight excluding hydrogens is 208 g/mol. The van der Waals surface area contributed by atoms with E-state index in [0.29, 0.717) is 6.04 Å². The molecule has 1 heterocycles. The first-order valence-electron chi connectivity index (χ1n) is 5.26. The minimum Gasteiger partial charge on any atom is -0.396 e. The number of nitrogens with one attached hydrogen (secondary N) is 1. The van der Waals surface area contributed by atoms with Crippen LogP contribution in [0.2, 0.25) is 0 Å². The summed E-state index contributed by atoms with van der Waals surface area (Å²) in [4.78, 5) is 4.22. The molecular formula is C11H20N2OS. The van der Waals surface area contributed by atoms with Crippen LogP contribution in [0.25, 0.3) is 0 Å². The smallest absolute Gasteiger partial charge is 0.106 e. The average Bonchev–Trinajstić information content (AvgIpc) is 2.62. The van der Waals surface area contributed by atoms with Gasteiger partial charge in [0.2, 0.25) is 0 Å². The van der Waals surface area contributed by atoms with Crippen LogP contribution in [-0.2, 0) is 6.54 Å². The largest absolute Gasteiger partial charge is 0.396 e. The Hall–Kier alpha value is -0.450. The fourth-order valence-corrected chi connectivity index (χ4v) is 2.09. The standard InChI is InChI=1S/C11H20N2OS/c1-11(2,3)9(4-6-14)13-8-10-12-5-7-15-10/h5,7,9,13-14H,4,6,8H2,1-3H3. The topological polar surface area (TPSA) is 45.1 Å². The molecule has 0 fully saturated rings. The van der Waals surface area contributed by atoms with Crippen molar-refractivity contribution in [3.05, 3.63) is 16.6 Å². The summed E-state index contributed by atoms with van der Waals surface area (Å²) in [5, 5.41) is 15.5. The third kappa shape index (κ3) is 4.28. The maximum Gasteiger partial charge on any atom is 0.106 e. The summed E-state index contributed by atoms with van der Waals surface area (Å²) < 4.78 is 0. The molecule has 0 spiro atoms. The van der Waals surface area contributed by atoms with Crippen LogP contribution in [-0.4, -0.2) is 22.7 Å². The van der Waals surface area contributed by atoms with Crippen LogP contribution in [0.5, 0.6) is 0 Å². The lowest BCUT2D eigenvalue weighted by Gasteiger charge is -2.31. The van der Waals surface area contributed by atoms with Gasteiger partial charge in [-0.1, -0.05) is 20.8 Å². The summed E-state index contributed by atoms with van der Waals surface area (Å²) in [6.45, 7) is 7.57. The monoisotopic (exact) mass is 228 g/mol. The molecule has 86 valence electrons. The minimum atomic E-state index is 0.167. The molecule has 1 aromatic heterocycles. The van der Waals surface area contributed by atoms with E-state index in [1.54, 1.807) is 11.3 Å². The predicted octanol–water partition coefficient (Wildman–Crippen LogP) is 2.03. The van der Waals surface area contributed by atoms with Crippen LogP contribution in [0.3, 0.4) is 0 Å². The number of hydrogen-bond acceptors (Lipinski definition) is 4. The third-order valence-corrected chi connectivity index (χ3v) is 3.23. The summed E-state index contributed by atoms with van der Waals surface area (Å²) in [6, 6.07) is 0.325. The Morgan fingerprint density at radius 1 is 1.53 bits per heavy atom. The van der Waals surface area contributed by atoms with Crippen molar-refractivity contribution >= 4 is 11.3 Å². The zero-order chi connectivity index (χ0) is 11.3. The molecule has 2 N–H and O–H groups in total. The summed E-state index contributed by atoms with van der Waals surface area (Å²) in [5.41, 5.74) is 0.167. The van der Waals surface area contributed by atoms with E-state index in [9.17, 15) is 0 Å². The van der Waals surface area contributed by atoms with Crippen LogP contribution >= 0.6 is 11.3 Å². The van der Waals surface area contributed by atoms with Gasteiger partial charge < -0.3 is 10.4 Å². The van der Waals surface area contributed by atoms with E-state index in [1.165, 1.54) is 0 Å². The van der Waals surface area contributed by atoms with Gasteiger partial charge in [0, 0.05) is 30.8 Å². The van der Waals surface area contributed by atoms with Gasteiger partial charge in [-0.2, -0.15) is 0 Å². The molecule has 0 aromatic carbocycles. The van der Waals surface area contributed by atoms with Gasteiger partial charge in [-0.25, -0.2) is 4.98 Å². The minimum absolute atomic E-state index is 0.167. The molecule has 15 heavy (non-hydrogen) atoms. The first kappa shape index (κ1) is 12.6. The Labute approximate surface area is 95.6 Å². The van der Waals surface area contributed by atoms with E-state index < -0.39 is 0 Å². The van der Waals surface area contributed by atoms with Crippen molar-refractivity contribution in [2.75, 3.05) is 6.61 Å². The van der Waals surface area contributed by atoms with Gasteiger partial charge in [0.1, 0.15) is 5.01 Å². The molecule has 0 aliphatic rings.